The molecule has 2 unspecified atom stereocenters. The van der Waals surface area contributed by atoms with Crippen LogP contribution in [0.5, 0.6) is 5.75 Å². The van der Waals surface area contributed by atoms with Gasteiger partial charge in [-0.05, 0) is 31.7 Å². The third kappa shape index (κ3) is 4.04. The summed E-state index contributed by atoms with van der Waals surface area (Å²) >= 11 is 0. The van der Waals surface area contributed by atoms with Crippen molar-refractivity contribution in [1.82, 2.24) is 10.6 Å². The van der Waals surface area contributed by atoms with Gasteiger partial charge in [0.25, 0.3) is 0 Å². The number of nitrogens with one attached hydrogen (secondary N) is 2. The average Bonchev–Trinajstić information content (AvgIpc) is 2.39. The summed E-state index contributed by atoms with van der Waals surface area (Å²) in [6.45, 7) is 4.56. The fourth-order valence-corrected chi connectivity index (χ4v) is 1.75. The Morgan fingerprint density at radius 1 is 1.39 bits per heavy atom. The summed E-state index contributed by atoms with van der Waals surface area (Å²) in [6.07, 6.45) is 0. The molecular weight excluding hydrogens is 228 g/mol. The highest BCUT2D eigenvalue weighted by Crippen LogP contribution is 2.18. The van der Waals surface area contributed by atoms with E-state index in [4.69, 9.17) is 4.74 Å². The van der Waals surface area contributed by atoms with Crippen LogP contribution in [0.1, 0.15) is 25.5 Å². The zero-order chi connectivity index (χ0) is 13.5. The van der Waals surface area contributed by atoms with Crippen LogP contribution in [0.25, 0.3) is 0 Å². The third-order valence-electron chi connectivity index (χ3n) is 2.91. The summed E-state index contributed by atoms with van der Waals surface area (Å²) in [5.74, 6) is 0.819. The molecule has 2 N–H and O–H groups in total. The van der Waals surface area contributed by atoms with E-state index in [0.29, 0.717) is 6.54 Å². The minimum Gasteiger partial charge on any atom is -0.497 e. The molecule has 1 aromatic rings. The molecule has 100 valence electrons. The number of carbonyl (C=O) groups is 1. The molecule has 1 amide bonds. The normalized spacial score (nSPS) is 13.8. The topological polar surface area (TPSA) is 50.4 Å². The Hall–Kier alpha value is -1.55. The second kappa shape index (κ2) is 7.01. The molecule has 1 rings (SSSR count). The molecular formula is C14H22N2O2. The molecule has 4 heteroatoms. The Kier molecular flexibility index (Phi) is 5.65. The molecule has 0 aliphatic heterocycles. The fraction of sp³-hybridized carbons (Fsp3) is 0.500. The maximum absolute atomic E-state index is 11.9. The summed E-state index contributed by atoms with van der Waals surface area (Å²) in [5, 5.41) is 6.00. The van der Waals surface area contributed by atoms with Crippen molar-refractivity contribution < 1.29 is 9.53 Å². The number of amides is 1. The molecule has 18 heavy (non-hydrogen) atoms. The van der Waals surface area contributed by atoms with Crippen LogP contribution in [0.3, 0.4) is 0 Å². The van der Waals surface area contributed by atoms with Gasteiger partial charge in [0, 0.05) is 12.5 Å². The van der Waals surface area contributed by atoms with Gasteiger partial charge in [-0.3, -0.25) is 4.79 Å². The number of carbonyl (C=O) groups excluding carboxylic acids is 1. The van der Waals surface area contributed by atoms with Crippen LogP contribution in [0.2, 0.25) is 0 Å². The van der Waals surface area contributed by atoms with Crippen molar-refractivity contribution in [3.8, 4) is 5.75 Å². The first-order valence-electron chi connectivity index (χ1n) is 6.17. The highest BCUT2D eigenvalue weighted by Gasteiger charge is 2.15. The van der Waals surface area contributed by atoms with E-state index in [9.17, 15) is 4.79 Å². The molecule has 0 saturated carbocycles. The van der Waals surface area contributed by atoms with Gasteiger partial charge in [0.05, 0.1) is 13.2 Å². The second-order valence-corrected chi connectivity index (χ2v) is 4.47. The minimum absolute atomic E-state index is 0.0214. The molecule has 0 spiro atoms. The zero-order valence-electron chi connectivity index (χ0n) is 11.5. The van der Waals surface area contributed by atoms with E-state index in [0.717, 1.165) is 11.3 Å². The van der Waals surface area contributed by atoms with E-state index >= 15 is 0 Å². The van der Waals surface area contributed by atoms with Crippen molar-refractivity contribution in [3.63, 3.8) is 0 Å². The van der Waals surface area contributed by atoms with Crippen molar-refractivity contribution in [2.45, 2.75) is 19.9 Å². The Labute approximate surface area is 109 Å². The lowest BCUT2D eigenvalue weighted by molar-refractivity contribution is -0.125. The first-order valence-corrected chi connectivity index (χ1v) is 6.17. The van der Waals surface area contributed by atoms with E-state index in [1.54, 1.807) is 7.11 Å². The third-order valence-corrected chi connectivity index (χ3v) is 2.91. The SMILES string of the molecule is CNCC(C)C(=O)NC(C)c1cccc(OC)c1. The zero-order valence-corrected chi connectivity index (χ0v) is 11.5. The summed E-state index contributed by atoms with van der Waals surface area (Å²) in [6, 6.07) is 7.71. The van der Waals surface area contributed by atoms with E-state index < -0.39 is 0 Å². The lowest BCUT2D eigenvalue weighted by Gasteiger charge is -2.18. The number of benzene rings is 1. The number of ether oxygens (including phenoxy) is 1. The fourth-order valence-electron chi connectivity index (χ4n) is 1.75. The maximum Gasteiger partial charge on any atom is 0.224 e. The molecule has 0 heterocycles. The van der Waals surface area contributed by atoms with Crippen molar-refractivity contribution in [2.75, 3.05) is 20.7 Å². The van der Waals surface area contributed by atoms with Crippen LogP contribution in [0, 0.1) is 5.92 Å². The number of hydrogen-bond donors (Lipinski definition) is 2. The highest BCUT2D eigenvalue weighted by atomic mass is 16.5. The van der Waals surface area contributed by atoms with Crippen molar-refractivity contribution in [2.24, 2.45) is 5.92 Å². The van der Waals surface area contributed by atoms with E-state index in [-0.39, 0.29) is 17.9 Å². The molecule has 0 bridgehead atoms. The van der Waals surface area contributed by atoms with Crippen molar-refractivity contribution in [1.29, 1.82) is 0 Å². The number of hydrogen-bond acceptors (Lipinski definition) is 3. The minimum atomic E-state index is -0.0388. The number of methoxy groups -OCH3 is 1. The van der Waals surface area contributed by atoms with Gasteiger partial charge in [-0.1, -0.05) is 19.1 Å². The Morgan fingerprint density at radius 2 is 2.11 bits per heavy atom. The predicted octanol–water partition coefficient (Wildman–Crippen LogP) is 1.73. The van der Waals surface area contributed by atoms with E-state index in [2.05, 4.69) is 10.6 Å². The van der Waals surface area contributed by atoms with E-state index in [1.165, 1.54) is 0 Å². The number of rotatable bonds is 6. The quantitative estimate of drug-likeness (QED) is 0.808. The Balaban J connectivity index is 2.64. The molecule has 0 aromatic heterocycles. The molecule has 1 aromatic carbocycles. The first kappa shape index (κ1) is 14.5. The van der Waals surface area contributed by atoms with Gasteiger partial charge in [0.15, 0.2) is 0 Å². The lowest BCUT2D eigenvalue weighted by Crippen LogP contribution is -2.35. The largest absolute Gasteiger partial charge is 0.497 e. The highest BCUT2D eigenvalue weighted by molar-refractivity contribution is 5.78. The monoisotopic (exact) mass is 250 g/mol. The van der Waals surface area contributed by atoms with Crippen molar-refractivity contribution >= 4 is 5.91 Å². The Morgan fingerprint density at radius 3 is 2.72 bits per heavy atom. The van der Waals surface area contributed by atoms with Crippen molar-refractivity contribution in [3.05, 3.63) is 29.8 Å². The molecule has 0 aliphatic carbocycles. The lowest BCUT2D eigenvalue weighted by atomic mass is 10.1. The maximum atomic E-state index is 11.9. The van der Waals surface area contributed by atoms with Gasteiger partial charge in [0.2, 0.25) is 5.91 Å². The molecule has 4 nitrogen and oxygen atoms in total. The van der Waals surface area contributed by atoms with Crippen LogP contribution in [0.15, 0.2) is 24.3 Å². The van der Waals surface area contributed by atoms with Crippen LogP contribution >= 0.6 is 0 Å². The summed E-state index contributed by atoms with van der Waals surface area (Å²) < 4.78 is 5.17. The van der Waals surface area contributed by atoms with Gasteiger partial charge in [0.1, 0.15) is 5.75 Å². The standard InChI is InChI=1S/C14H22N2O2/c1-10(9-15-3)14(17)16-11(2)12-6-5-7-13(8-12)18-4/h5-8,10-11,15H,9H2,1-4H3,(H,16,17). The van der Waals surface area contributed by atoms with Crippen LogP contribution in [-0.2, 0) is 4.79 Å². The molecule has 0 aliphatic rings. The van der Waals surface area contributed by atoms with Gasteiger partial charge >= 0.3 is 0 Å². The molecule has 2 atom stereocenters. The smallest absolute Gasteiger partial charge is 0.224 e. The average molecular weight is 250 g/mol. The van der Waals surface area contributed by atoms with Gasteiger partial charge < -0.3 is 15.4 Å². The van der Waals surface area contributed by atoms with Crippen LogP contribution in [0.4, 0.5) is 0 Å². The van der Waals surface area contributed by atoms with Gasteiger partial charge in [-0.25, -0.2) is 0 Å². The molecule has 0 fully saturated rings. The van der Waals surface area contributed by atoms with E-state index in [1.807, 2.05) is 45.2 Å². The summed E-state index contributed by atoms with van der Waals surface area (Å²) in [4.78, 5) is 11.9. The molecule has 0 saturated heterocycles. The van der Waals surface area contributed by atoms with Gasteiger partial charge in [-0.2, -0.15) is 0 Å². The second-order valence-electron chi connectivity index (χ2n) is 4.47. The Bertz CT molecular complexity index is 393. The van der Waals surface area contributed by atoms with Gasteiger partial charge in [-0.15, -0.1) is 0 Å². The predicted molar refractivity (Wildman–Crippen MR) is 72.6 cm³/mol. The summed E-state index contributed by atoms with van der Waals surface area (Å²) in [7, 11) is 3.48. The first-order chi connectivity index (χ1) is 8.58. The molecule has 0 radical (unpaired) electrons. The van der Waals surface area contributed by atoms with Crippen LogP contribution < -0.4 is 15.4 Å². The summed E-state index contributed by atoms with van der Waals surface area (Å²) in [5.41, 5.74) is 1.04. The van der Waals surface area contributed by atoms with Crippen LogP contribution in [-0.4, -0.2) is 26.6 Å².